The highest BCUT2D eigenvalue weighted by molar-refractivity contribution is 6.14. The fourth-order valence-electron chi connectivity index (χ4n) is 13.5. The minimum Gasteiger partial charge on any atom is -0.308 e. The molecule has 4 heteroatoms. The van der Waals surface area contributed by atoms with Gasteiger partial charge in [-0.05, 0) is 115 Å². The Morgan fingerprint density at radius 3 is 1.01 bits per heavy atom. The van der Waals surface area contributed by atoms with Crippen LogP contribution < -0.4 is 0 Å². The monoisotopic (exact) mass is 938 g/mol. The first-order valence-corrected chi connectivity index (χ1v) is 25.2. The summed E-state index contributed by atoms with van der Waals surface area (Å²) in [5.74, 6) is 0. The van der Waals surface area contributed by atoms with Gasteiger partial charge in [0, 0.05) is 21.5 Å². The molecule has 0 fully saturated rings. The summed E-state index contributed by atoms with van der Waals surface area (Å²) in [5, 5.41) is 27.3. The van der Waals surface area contributed by atoms with Gasteiger partial charge in [-0.1, -0.05) is 206 Å². The number of hydrogen-bond acceptors (Lipinski definition) is 2. The highest BCUT2D eigenvalue weighted by Gasteiger charge is 2.48. The van der Waals surface area contributed by atoms with Crippen molar-refractivity contribution in [1.29, 1.82) is 10.5 Å². The van der Waals surface area contributed by atoms with Gasteiger partial charge in [0.15, 0.2) is 0 Å². The van der Waals surface area contributed by atoms with Crippen LogP contribution in [-0.4, -0.2) is 9.13 Å². The molecule has 0 saturated heterocycles. The maximum atomic E-state index is 11.9. The fourth-order valence-corrected chi connectivity index (χ4v) is 13.5. The lowest BCUT2D eigenvalue weighted by molar-refractivity contribution is 0.769. The Hall–Kier alpha value is -10.0. The molecule has 0 amide bonds. The van der Waals surface area contributed by atoms with E-state index in [9.17, 15) is 10.5 Å². The Balaban J connectivity index is 1.05. The molecule has 0 atom stereocenters. The number of nitrogens with zero attached hydrogens (tertiary/aromatic N) is 4. The number of aromatic nitrogens is 2. The second-order valence-electron chi connectivity index (χ2n) is 19.7. The van der Waals surface area contributed by atoms with Crippen molar-refractivity contribution in [2.24, 2.45) is 0 Å². The van der Waals surface area contributed by atoms with Crippen LogP contribution >= 0.6 is 0 Å². The smallest absolute Gasteiger partial charge is 0.104 e. The van der Waals surface area contributed by atoms with Gasteiger partial charge >= 0.3 is 0 Å². The van der Waals surface area contributed by atoms with Crippen LogP contribution in [0.4, 0.5) is 0 Å². The topological polar surface area (TPSA) is 57.4 Å². The molecule has 2 aliphatic rings. The largest absolute Gasteiger partial charge is 0.308 e. The SMILES string of the molecule is N#Cc1cc(-n2c3ccccc3c3cc4c(cc32)C(c2ccccc2)(c2ccccc2)c2ccccc2-4)c(C#N)c(-n2c3ccccc3c3cc4c(cc32)C(c2ccccc2)(c2ccccc2)c2ccccc2-4)c1. The normalized spacial score (nSPS) is 13.6. The Morgan fingerprint density at radius 2 is 0.635 bits per heavy atom. The zero-order valence-corrected chi connectivity index (χ0v) is 40.0. The summed E-state index contributed by atoms with van der Waals surface area (Å²) in [5.41, 5.74) is 19.0. The van der Waals surface area contributed by atoms with Crippen molar-refractivity contribution < 1.29 is 0 Å². The number of hydrogen-bond donors (Lipinski definition) is 0. The predicted molar refractivity (Wildman–Crippen MR) is 299 cm³/mol. The van der Waals surface area contributed by atoms with Crippen molar-refractivity contribution in [1.82, 2.24) is 9.13 Å². The van der Waals surface area contributed by atoms with Crippen LogP contribution in [0.2, 0.25) is 0 Å². The van der Waals surface area contributed by atoms with Gasteiger partial charge in [0.1, 0.15) is 11.6 Å². The van der Waals surface area contributed by atoms with Crippen molar-refractivity contribution >= 4 is 43.6 Å². The van der Waals surface area contributed by atoms with E-state index in [-0.39, 0.29) is 0 Å². The lowest BCUT2D eigenvalue weighted by Crippen LogP contribution is -2.28. The van der Waals surface area contributed by atoms with E-state index in [2.05, 4.69) is 264 Å². The van der Waals surface area contributed by atoms with Gasteiger partial charge in [-0.3, -0.25) is 0 Å². The third-order valence-electron chi connectivity index (χ3n) is 16.3. The maximum Gasteiger partial charge on any atom is 0.104 e. The van der Waals surface area contributed by atoms with Gasteiger partial charge in [0.2, 0.25) is 0 Å². The van der Waals surface area contributed by atoms with Crippen LogP contribution in [-0.2, 0) is 10.8 Å². The molecule has 0 spiro atoms. The van der Waals surface area contributed by atoms with Crippen molar-refractivity contribution in [3.63, 3.8) is 0 Å². The first-order valence-electron chi connectivity index (χ1n) is 25.2. The van der Waals surface area contributed by atoms with Crippen molar-refractivity contribution in [2.45, 2.75) is 10.8 Å². The Bertz CT molecular complexity index is 4190. The molecule has 0 radical (unpaired) electrons. The molecular weight excluding hydrogens is 897 g/mol. The molecule has 4 nitrogen and oxygen atoms in total. The average molecular weight is 939 g/mol. The van der Waals surface area contributed by atoms with Crippen LogP contribution in [0.5, 0.6) is 0 Å². The van der Waals surface area contributed by atoms with Crippen LogP contribution in [0.3, 0.4) is 0 Å². The summed E-state index contributed by atoms with van der Waals surface area (Å²) in [6.45, 7) is 0. The summed E-state index contributed by atoms with van der Waals surface area (Å²) in [6.07, 6.45) is 0. The molecule has 0 N–H and O–H groups in total. The van der Waals surface area contributed by atoms with Gasteiger partial charge in [0.25, 0.3) is 0 Å². The molecule has 2 heterocycles. The van der Waals surface area contributed by atoms with Crippen molar-refractivity contribution in [2.75, 3.05) is 0 Å². The number of rotatable bonds is 6. The summed E-state index contributed by atoms with van der Waals surface area (Å²) >= 11 is 0. The highest BCUT2D eigenvalue weighted by atomic mass is 15.0. The number of para-hydroxylation sites is 2. The first-order chi connectivity index (χ1) is 36.6. The van der Waals surface area contributed by atoms with Crippen molar-refractivity contribution in [3.05, 3.63) is 310 Å². The maximum absolute atomic E-state index is 11.9. The first kappa shape index (κ1) is 41.8. The van der Waals surface area contributed by atoms with Crippen molar-refractivity contribution in [3.8, 4) is 45.8 Å². The van der Waals surface area contributed by atoms with Crippen LogP contribution in [0.1, 0.15) is 55.6 Å². The van der Waals surface area contributed by atoms with E-state index in [4.69, 9.17) is 0 Å². The highest BCUT2D eigenvalue weighted by Crippen LogP contribution is 2.59. The number of fused-ring (bicyclic) bond motifs is 12. The van der Waals surface area contributed by atoms with E-state index in [0.29, 0.717) is 22.5 Å². The molecule has 2 aliphatic carbocycles. The summed E-state index contributed by atoms with van der Waals surface area (Å²) < 4.78 is 4.49. The molecular formula is C70H42N4. The zero-order chi connectivity index (χ0) is 49.1. The Labute approximate surface area is 428 Å². The minimum absolute atomic E-state index is 0.457. The van der Waals surface area contributed by atoms with E-state index >= 15 is 0 Å². The van der Waals surface area contributed by atoms with Crippen LogP contribution in [0, 0.1) is 22.7 Å². The lowest BCUT2D eigenvalue weighted by Gasteiger charge is -2.34. The summed E-state index contributed by atoms with van der Waals surface area (Å²) in [7, 11) is 0. The summed E-state index contributed by atoms with van der Waals surface area (Å²) in [4.78, 5) is 0. The quantitative estimate of drug-likeness (QED) is 0.167. The molecule has 11 aromatic carbocycles. The van der Waals surface area contributed by atoms with Crippen LogP contribution in [0.15, 0.2) is 255 Å². The van der Waals surface area contributed by atoms with Gasteiger partial charge in [-0.15, -0.1) is 0 Å². The molecule has 2 aromatic heterocycles. The molecule has 342 valence electrons. The second kappa shape index (κ2) is 15.7. The number of nitriles is 2. The molecule has 15 rings (SSSR count). The predicted octanol–water partition coefficient (Wildman–Crippen LogP) is 16.4. The molecule has 0 saturated carbocycles. The van der Waals surface area contributed by atoms with E-state index < -0.39 is 10.8 Å². The van der Waals surface area contributed by atoms with E-state index in [1.807, 2.05) is 12.1 Å². The average Bonchev–Trinajstić information content (AvgIpc) is 4.27. The molecule has 0 aliphatic heterocycles. The van der Waals surface area contributed by atoms with Gasteiger partial charge in [0.05, 0.1) is 55.9 Å². The van der Waals surface area contributed by atoms with Gasteiger partial charge in [-0.2, -0.15) is 10.5 Å². The second-order valence-corrected chi connectivity index (χ2v) is 19.7. The Morgan fingerprint density at radius 1 is 0.284 bits per heavy atom. The minimum atomic E-state index is -0.640. The van der Waals surface area contributed by atoms with E-state index in [1.54, 1.807) is 0 Å². The Kier molecular flexibility index (Phi) is 8.89. The third kappa shape index (κ3) is 5.44. The van der Waals surface area contributed by atoms with Gasteiger partial charge in [-0.25, -0.2) is 0 Å². The molecule has 0 bridgehead atoms. The summed E-state index contributed by atoms with van der Waals surface area (Å²) in [6, 6.07) is 96.7. The molecule has 74 heavy (non-hydrogen) atoms. The fraction of sp³-hybridized carbons (Fsp3) is 0.0286. The standard InChI is InChI=1S/C70H42N4/c71-43-45-37-65(73-63-35-19-15-31-52(63)56-39-54-50-29-13-17-33-59(50)69(61(54)41-67(56)73,46-21-5-1-6-22-46)47-23-7-2-8-24-47)58(44-72)66(38-45)74-64-36-20-16-32-53(64)57-40-55-51-30-14-18-34-60(51)70(62(55)42-68(57)74,48-25-9-3-10-26-48)49-27-11-4-12-28-49/h1-42H. The van der Waals surface area contributed by atoms with Gasteiger partial charge < -0.3 is 9.13 Å². The molecule has 13 aromatic rings. The van der Waals surface area contributed by atoms with E-state index in [1.165, 1.54) is 66.8 Å². The number of benzene rings is 11. The third-order valence-corrected chi connectivity index (χ3v) is 16.3. The zero-order valence-electron chi connectivity index (χ0n) is 40.0. The van der Waals surface area contributed by atoms with Crippen LogP contribution in [0.25, 0.3) is 77.2 Å². The van der Waals surface area contributed by atoms with E-state index in [0.717, 1.165) is 43.6 Å². The lowest BCUT2D eigenvalue weighted by atomic mass is 9.67. The molecule has 0 unspecified atom stereocenters.